The fourth-order valence-electron chi connectivity index (χ4n) is 2.95. The summed E-state index contributed by atoms with van der Waals surface area (Å²) in [5.41, 5.74) is 2.31. The first-order valence-electron chi connectivity index (χ1n) is 6.56. The zero-order valence-electron chi connectivity index (χ0n) is 10.7. The molecule has 0 amide bonds. The molecule has 1 aromatic carbocycles. The smallest absolute Gasteiger partial charge is 0.0965 e. The highest BCUT2D eigenvalue weighted by molar-refractivity contribution is 7.98. The van der Waals surface area contributed by atoms with E-state index in [-0.39, 0.29) is 6.10 Å². The van der Waals surface area contributed by atoms with Crippen LogP contribution in [0, 0.1) is 5.92 Å². The van der Waals surface area contributed by atoms with Crippen LogP contribution in [0.4, 0.5) is 0 Å². The average molecular weight is 261 g/mol. The predicted molar refractivity (Wildman–Crippen MR) is 76.5 cm³/mol. The Morgan fingerprint density at radius 1 is 1.22 bits per heavy atom. The fourth-order valence-corrected chi connectivity index (χ4v) is 3.36. The van der Waals surface area contributed by atoms with Crippen molar-refractivity contribution in [3.05, 3.63) is 35.5 Å². The number of hydrogen-bond acceptors (Lipinski definition) is 3. The Labute approximate surface area is 113 Å². The topological polar surface area (TPSA) is 23.5 Å². The van der Waals surface area contributed by atoms with Crippen LogP contribution in [0.1, 0.15) is 18.4 Å². The molecule has 2 nitrogen and oxygen atoms in total. The lowest BCUT2D eigenvalue weighted by Crippen LogP contribution is -2.48. The lowest BCUT2D eigenvalue weighted by molar-refractivity contribution is 0.0215. The molecule has 18 heavy (non-hydrogen) atoms. The van der Waals surface area contributed by atoms with Gasteiger partial charge in [0.2, 0.25) is 0 Å². The van der Waals surface area contributed by atoms with Gasteiger partial charge in [0.25, 0.3) is 0 Å². The summed E-state index contributed by atoms with van der Waals surface area (Å²) in [4.78, 5) is 3.62. The number of rotatable bonds is 2. The van der Waals surface area contributed by atoms with Gasteiger partial charge in [-0.15, -0.1) is 11.8 Å². The highest BCUT2D eigenvalue weighted by Crippen LogP contribution is 2.35. The lowest BCUT2D eigenvalue weighted by atomic mass is 9.83. The minimum Gasteiger partial charge on any atom is -0.387 e. The summed E-state index contributed by atoms with van der Waals surface area (Å²) in [5.74, 6) is 0.478. The molecule has 0 radical (unpaired) electrons. The van der Waals surface area contributed by atoms with Crippen LogP contribution in [-0.4, -0.2) is 35.5 Å². The zero-order chi connectivity index (χ0) is 12.5. The predicted octanol–water partition coefficient (Wildman–Crippen LogP) is 2.84. The van der Waals surface area contributed by atoms with E-state index >= 15 is 0 Å². The van der Waals surface area contributed by atoms with E-state index in [9.17, 15) is 5.11 Å². The van der Waals surface area contributed by atoms with Crippen LogP contribution in [0.15, 0.2) is 34.9 Å². The molecule has 3 aliphatic rings. The van der Waals surface area contributed by atoms with Crippen molar-refractivity contribution in [2.75, 3.05) is 19.3 Å². The molecule has 96 valence electrons. The van der Waals surface area contributed by atoms with Crippen molar-refractivity contribution in [2.24, 2.45) is 5.92 Å². The summed E-state index contributed by atoms with van der Waals surface area (Å²) in [6.45, 7) is 2.22. The molecule has 4 rings (SSSR count). The van der Waals surface area contributed by atoms with Crippen molar-refractivity contribution in [3.63, 3.8) is 0 Å². The first kappa shape index (κ1) is 12.1. The first-order chi connectivity index (χ1) is 8.78. The molecule has 0 unspecified atom stereocenters. The maximum Gasteiger partial charge on any atom is 0.0965 e. The molecule has 0 spiro atoms. The Balaban J connectivity index is 1.86. The molecule has 1 N–H and O–H groups in total. The third-order valence-electron chi connectivity index (χ3n) is 4.08. The number of fused-ring (bicyclic) bond motifs is 3. The van der Waals surface area contributed by atoms with E-state index in [4.69, 9.17) is 0 Å². The van der Waals surface area contributed by atoms with E-state index in [0.29, 0.717) is 5.92 Å². The van der Waals surface area contributed by atoms with Crippen molar-refractivity contribution in [1.82, 2.24) is 4.90 Å². The summed E-state index contributed by atoms with van der Waals surface area (Å²) >= 11 is 1.76. The van der Waals surface area contributed by atoms with Crippen molar-refractivity contribution in [1.29, 1.82) is 0 Å². The van der Waals surface area contributed by atoms with E-state index in [0.717, 1.165) is 31.6 Å². The number of thioether (sulfide) groups is 1. The largest absolute Gasteiger partial charge is 0.387 e. The third-order valence-corrected chi connectivity index (χ3v) is 4.83. The molecule has 1 atom stereocenters. The Morgan fingerprint density at radius 3 is 2.44 bits per heavy atom. The molecule has 0 saturated carbocycles. The quantitative estimate of drug-likeness (QED) is 0.828. The van der Waals surface area contributed by atoms with Crippen molar-refractivity contribution < 1.29 is 5.11 Å². The Kier molecular flexibility index (Phi) is 3.35. The molecule has 3 heteroatoms. The first-order valence-corrected chi connectivity index (χ1v) is 7.79. The molecule has 2 bridgehead atoms. The minimum absolute atomic E-state index is 0.257. The summed E-state index contributed by atoms with van der Waals surface area (Å²) in [5, 5.41) is 10.3. The maximum absolute atomic E-state index is 10.3. The van der Waals surface area contributed by atoms with Crippen molar-refractivity contribution in [3.8, 4) is 0 Å². The fraction of sp³-hybridized carbons (Fsp3) is 0.467. The monoisotopic (exact) mass is 261 g/mol. The summed E-state index contributed by atoms with van der Waals surface area (Å²) < 4.78 is 0. The molecule has 0 aliphatic carbocycles. The molecule has 0 aromatic heterocycles. The molecular formula is C15H19NOS. The van der Waals surface area contributed by atoms with E-state index in [1.807, 2.05) is 0 Å². The van der Waals surface area contributed by atoms with Crippen LogP contribution in [0.2, 0.25) is 0 Å². The van der Waals surface area contributed by atoms with Crippen LogP contribution < -0.4 is 0 Å². The van der Waals surface area contributed by atoms with Gasteiger partial charge in [0.05, 0.1) is 6.10 Å². The highest BCUT2D eigenvalue weighted by Gasteiger charge is 2.36. The minimum atomic E-state index is -0.257. The van der Waals surface area contributed by atoms with Crippen molar-refractivity contribution in [2.45, 2.75) is 23.8 Å². The van der Waals surface area contributed by atoms with Crippen LogP contribution in [0.25, 0.3) is 6.08 Å². The van der Waals surface area contributed by atoms with E-state index in [2.05, 4.69) is 41.5 Å². The Bertz CT molecular complexity index is 442. The van der Waals surface area contributed by atoms with Gasteiger partial charge >= 0.3 is 0 Å². The summed E-state index contributed by atoms with van der Waals surface area (Å²) in [7, 11) is 0. The molecule has 3 heterocycles. The second kappa shape index (κ2) is 4.98. The van der Waals surface area contributed by atoms with Crippen molar-refractivity contribution >= 4 is 17.8 Å². The number of piperidine rings is 3. The van der Waals surface area contributed by atoms with Crippen LogP contribution in [0.3, 0.4) is 0 Å². The van der Waals surface area contributed by atoms with Gasteiger partial charge < -0.3 is 10.0 Å². The van der Waals surface area contributed by atoms with Gasteiger partial charge in [-0.1, -0.05) is 12.1 Å². The van der Waals surface area contributed by atoms with Gasteiger partial charge in [0.1, 0.15) is 0 Å². The number of aliphatic hydroxyl groups is 1. The van der Waals surface area contributed by atoms with Gasteiger partial charge in [-0.25, -0.2) is 0 Å². The molecular weight excluding hydrogens is 242 g/mol. The van der Waals surface area contributed by atoms with Gasteiger partial charge in [0.15, 0.2) is 0 Å². The SMILES string of the molecule is CSc1ccc(/C=C2/[C@H](O)C3CCN2CC3)cc1. The maximum atomic E-state index is 10.3. The van der Waals surface area contributed by atoms with Gasteiger partial charge in [-0.05, 0) is 48.8 Å². The number of hydrogen-bond donors (Lipinski definition) is 1. The van der Waals surface area contributed by atoms with Gasteiger partial charge in [0, 0.05) is 23.7 Å². The lowest BCUT2D eigenvalue weighted by Gasteiger charge is -2.45. The molecule has 3 saturated heterocycles. The summed E-state index contributed by atoms with van der Waals surface area (Å²) in [6.07, 6.45) is 6.27. The Hall–Kier alpha value is -0.930. The number of benzene rings is 1. The Morgan fingerprint density at radius 2 is 1.89 bits per heavy atom. The normalized spacial score (nSPS) is 29.0. The molecule has 1 aromatic rings. The second-order valence-electron chi connectivity index (χ2n) is 5.11. The number of nitrogens with zero attached hydrogens (tertiary/aromatic N) is 1. The molecule has 3 fully saturated rings. The van der Waals surface area contributed by atoms with E-state index < -0.39 is 0 Å². The third kappa shape index (κ3) is 2.17. The van der Waals surface area contributed by atoms with Crippen LogP contribution in [0.5, 0.6) is 0 Å². The van der Waals surface area contributed by atoms with E-state index in [1.165, 1.54) is 10.5 Å². The average Bonchev–Trinajstić information content (AvgIpc) is 2.44. The van der Waals surface area contributed by atoms with Gasteiger partial charge in [-0.3, -0.25) is 0 Å². The number of aliphatic hydroxyl groups excluding tert-OH is 1. The highest BCUT2D eigenvalue weighted by atomic mass is 32.2. The second-order valence-corrected chi connectivity index (χ2v) is 5.99. The van der Waals surface area contributed by atoms with Crippen LogP contribution in [-0.2, 0) is 0 Å². The van der Waals surface area contributed by atoms with Crippen LogP contribution >= 0.6 is 11.8 Å². The molecule has 3 aliphatic heterocycles. The van der Waals surface area contributed by atoms with E-state index in [1.54, 1.807) is 11.8 Å². The van der Waals surface area contributed by atoms with Gasteiger partial charge in [-0.2, -0.15) is 0 Å². The summed E-state index contributed by atoms with van der Waals surface area (Å²) in [6, 6.07) is 8.55. The standard InChI is InChI=1S/C15H19NOS/c1-18-13-4-2-11(3-5-13)10-14-15(17)12-6-8-16(14)9-7-12/h2-5,10,12,15,17H,6-9H2,1H3/b14-10-/t15-/m1/s1. The zero-order valence-corrected chi connectivity index (χ0v) is 11.5.